The van der Waals surface area contributed by atoms with E-state index in [2.05, 4.69) is 0 Å². The molecule has 1 fully saturated rings. The fourth-order valence-electron chi connectivity index (χ4n) is 0.684. The molecule has 54 valence electrons. The molecule has 1 aliphatic rings. The summed E-state index contributed by atoms with van der Waals surface area (Å²) in [6, 6.07) is 0. The lowest BCUT2D eigenvalue weighted by molar-refractivity contribution is -0.00348. The lowest BCUT2D eigenvalue weighted by Crippen LogP contribution is -2.46. The van der Waals surface area contributed by atoms with Crippen LogP contribution in [-0.2, 0) is 8.85 Å². The second-order valence-corrected chi connectivity index (χ2v) is 6.05. The largest absolute Gasteiger partial charge is 0.392 e. The van der Waals surface area contributed by atoms with Crippen LogP contribution < -0.4 is 0 Å². The van der Waals surface area contributed by atoms with Gasteiger partial charge in [-0.2, -0.15) is 0 Å². The number of aliphatic hydroxyl groups is 1. The minimum absolute atomic E-state index is 0.412. The minimum Gasteiger partial charge on any atom is -0.392 e. The summed E-state index contributed by atoms with van der Waals surface area (Å²) in [6.45, 7) is 4.83. The average molecular weight is 148 g/mol. The first kappa shape index (κ1) is 7.21. The first-order valence-corrected chi connectivity index (χ1v) is 5.88. The fourth-order valence-corrected chi connectivity index (χ4v) is 1.95. The molecule has 1 heterocycles. The molecule has 0 saturated carbocycles. The van der Waals surface area contributed by atoms with Crippen LogP contribution in [0.5, 0.6) is 0 Å². The van der Waals surface area contributed by atoms with Gasteiger partial charge < -0.3 is 14.0 Å². The Labute approximate surface area is 55.8 Å². The van der Waals surface area contributed by atoms with Crippen molar-refractivity contribution in [1.82, 2.24) is 0 Å². The Bertz CT molecular complexity index is 94.4. The highest BCUT2D eigenvalue weighted by Crippen LogP contribution is 2.12. The van der Waals surface area contributed by atoms with Crippen molar-refractivity contribution in [3.8, 4) is 0 Å². The Kier molecular flexibility index (Phi) is 1.90. The van der Waals surface area contributed by atoms with Crippen molar-refractivity contribution in [1.29, 1.82) is 0 Å². The maximum absolute atomic E-state index is 8.91. The molecule has 0 unspecified atom stereocenters. The van der Waals surface area contributed by atoms with Crippen LogP contribution >= 0.6 is 0 Å². The predicted octanol–water partition coefficient (Wildman–Crippen LogP) is 0.0959. The lowest BCUT2D eigenvalue weighted by atomic mass is 10.4. The van der Waals surface area contributed by atoms with E-state index in [0.29, 0.717) is 13.2 Å². The fraction of sp³-hybridized carbons (Fsp3) is 1.00. The monoisotopic (exact) mass is 148 g/mol. The average Bonchev–Trinajstić information content (AvgIpc) is 1.78. The van der Waals surface area contributed by atoms with Gasteiger partial charge in [-0.1, -0.05) is 0 Å². The summed E-state index contributed by atoms with van der Waals surface area (Å²) in [5.41, 5.74) is 0. The zero-order valence-electron chi connectivity index (χ0n) is 5.76. The third-order valence-corrected chi connectivity index (χ3v) is 2.97. The molecular formula is C5H12O3Si. The Morgan fingerprint density at radius 3 is 2.11 bits per heavy atom. The molecule has 1 N–H and O–H groups in total. The van der Waals surface area contributed by atoms with Crippen molar-refractivity contribution in [2.45, 2.75) is 19.2 Å². The van der Waals surface area contributed by atoms with Gasteiger partial charge in [0.15, 0.2) is 0 Å². The van der Waals surface area contributed by atoms with Crippen molar-refractivity contribution in [3.05, 3.63) is 0 Å². The Morgan fingerprint density at radius 1 is 1.33 bits per heavy atom. The maximum atomic E-state index is 8.91. The van der Waals surface area contributed by atoms with Crippen LogP contribution in [0, 0.1) is 0 Å². The molecule has 0 atom stereocenters. The van der Waals surface area contributed by atoms with Gasteiger partial charge in [0.2, 0.25) is 0 Å². The van der Waals surface area contributed by atoms with Gasteiger partial charge in [0, 0.05) is 0 Å². The first-order valence-electron chi connectivity index (χ1n) is 3.06. The van der Waals surface area contributed by atoms with Crippen molar-refractivity contribution >= 4 is 8.56 Å². The van der Waals surface area contributed by atoms with Gasteiger partial charge in [-0.05, 0) is 13.1 Å². The lowest BCUT2D eigenvalue weighted by Gasteiger charge is -2.30. The van der Waals surface area contributed by atoms with Crippen LogP contribution in [0.4, 0.5) is 0 Å². The van der Waals surface area contributed by atoms with Gasteiger partial charge in [0.05, 0.1) is 19.3 Å². The summed E-state index contributed by atoms with van der Waals surface area (Å²) < 4.78 is 10.5. The molecule has 0 spiro atoms. The van der Waals surface area contributed by atoms with Crippen LogP contribution in [0.3, 0.4) is 0 Å². The van der Waals surface area contributed by atoms with E-state index in [0.717, 1.165) is 0 Å². The van der Waals surface area contributed by atoms with Gasteiger partial charge in [-0.15, -0.1) is 0 Å². The molecular weight excluding hydrogens is 136 g/mol. The molecule has 4 heteroatoms. The normalized spacial score (nSPS) is 28.3. The summed E-state index contributed by atoms with van der Waals surface area (Å²) in [4.78, 5) is 0. The molecule has 3 nitrogen and oxygen atoms in total. The quantitative estimate of drug-likeness (QED) is 0.495. The molecule has 1 aliphatic heterocycles. The van der Waals surface area contributed by atoms with Crippen LogP contribution in [0.15, 0.2) is 0 Å². The molecule has 0 bridgehead atoms. The highest BCUT2D eigenvalue weighted by atomic mass is 28.4. The van der Waals surface area contributed by atoms with Crippen molar-refractivity contribution in [3.63, 3.8) is 0 Å². The standard InChI is InChI=1S/C5H12O3Si/c1-9(2)7-3-5(6)4-8-9/h5-6H,3-4H2,1-2H3. The molecule has 0 aromatic heterocycles. The van der Waals surface area contributed by atoms with E-state index in [-0.39, 0.29) is 0 Å². The van der Waals surface area contributed by atoms with Crippen molar-refractivity contribution < 1.29 is 14.0 Å². The van der Waals surface area contributed by atoms with Crippen LogP contribution in [0.1, 0.15) is 0 Å². The van der Waals surface area contributed by atoms with Crippen LogP contribution in [0.2, 0.25) is 13.1 Å². The maximum Gasteiger partial charge on any atom is 0.331 e. The number of hydrogen-bond acceptors (Lipinski definition) is 3. The van der Waals surface area contributed by atoms with Crippen molar-refractivity contribution in [2.75, 3.05) is 13.2 Å². The summed E-state index contributed by atoms with van der Waals surface area (Å²) in [6.07, 6.45) is -0.412. The van der Waals surface area contributed by atoms with Crippen LogP contribution in [0.25, 0.3) is 0 Å². The summed E-state index contributed by atoms with van der Waals surface area (Å²) in [5.74, 6) is 0. The molecule has 1 rings (SSSR count). The Hall–Kier alpha value is 0.0969. The predicted molar refractivity (Wildman–Crippen MR) is 35.4 cm³/mol. The zero-order valence-corrected chi connectivity index (χ0v) is 6.76. The number of rotatable bonds is 0. The molecule has 0 aromatic rings. The van der Waals surface area contributed by atoms with E-state index in [1.807, 2.05) is 13.1 Å². The summed E-state index contributed by atoms with van der Waals surface area (Å²) in [7, 11) is -1.79. The first-order chi connectivity index (χ1) is 4.10. The van der Waals surface area contributed by atoms with E-state index in [4.69, 9.17) is 14.0 Å². The smallest absolute Gasteiger partial charge is 0.331 e. The highest BCUT2D eigenvalue weighted by Gasteiger charge is 2.30. The van der Waals surface area contributed by atoms with Gasteiger partial charge in [0.25, 0.3) is 0 Å². The van der Waals surface area contributed by atoms with Gasteiger partial charge in [-0.25, -0.2) is 0 Å². The SMILES string of the molecule is C[Si]1(C)OCC(O)CO1. The minimum atomic E-state index is -1.79. The number of aliphatic hydroxyl groups excluding tert-OH is 1. The zero-order chi connectivity index (χ0) is 6.91. The van der Waals surface area contributed by atoms with Gasteiger partial charge in [-0.3, -0.25) is 0 Å². The van der Waals surface area contributed by atoms with E-state index in [1.165, 1.54) is 0 Å². The third-order valence-electron chi connectivity index (χ3n) is 1.25. The summed E-state index contributed by atoms with van der Waals surface area (Å²) in [5, 5.41) is 8.91. The molecule has 0 amide bonds. The van der Waals surface area contributed by atoms with Gasteiger partial charge >= 0.3 is 8.56 Å². The molecule has 0 aliphatic carbocycles. The second kappa shape index (κ2) is 2.38. The molecule has 1 saturated heterocycles. The van der Waals surface area contributed by atoms with E-state index in [1.54, 1.807) is 0 Å². The molecule has 0 radical (unpaired) electrons. The summed E-state index contributed by atoms with van der Waals surface area (Å²) >= 11 is 0. The van der Waals surface area contributed by atoms with Gasteiger partial charge in [0.1, 0.15) is 0 Å². The van der Waals surface area contributed by atoms with E-state index < -0.39 is 14.7 Å². The highest BCUT2D eigenvalue weighted by molar-refractivity contribution is 6.64. The molecule has 0 aromatic carbocycles. The Balaban J connectivity index is 2.35. The molecule has 9 heavy (non-hydrogen) atoms. The number of hydrogen-bond donors (Lipinski definition) is 1. The van der Waals surface area contributed by atoms with E-state index in [9.17, 15) is 0 Å². The third kappa shape index (κ3) is 2.06. The van der Waals surface area contributed by atoms with Crippen molar-refractivity contribution in [2.24, 2.45) is 0 Å². The Morgan fingerprint density at radius 2 is 1.78 bits per heavy atom. The topological polar surface area (TPSA) is 38.7 Å². The van der Waals surface area contributed by atoms with Crippen LogP contribution in [-0.4, -0.2) is 33.0 Å². The second-order valence-electron chi connectivity index (χ2n) is 2.68. The van der Waals surface area contributed by atoms with E-state index >= 15 is 0 Å².